The van der Waals surface area contributed by atoms with Crippen LogP contribution >= 0.6 is 0 Å². The SMILES string of the molecule is CC(C)CN1CCOCC1.CCNC(C)C.[HH]. The van der Waals surface area contributed by atoms with Crippen molar-refractivity contribution in [2.75, 3.05) is 39.4 Å². The maximum absolute atomic E-state index is 5.24. The van der Waals surface area contributed by atoms with E-state index in [2.05, 4.69) is 44.8 Å². The van der Waals surface area contributed by atoms with E-state index < -0.39 is 0 Å². The summed E-state index contributed by atoms with van der Waals surface area (Å²) in [6.07, 6.45) is 0. The Labute approximate surface area is 103 Å². The molecule has 0 spiro atoms. The molecule has 0 bridgehead atoms. The summed E-state index contributed by atoms with van der Waals surface area (Å²) in [5.74, 6) is 0.790. The molecule has 0 saturated carbocycles. The molecule has 1 N–H and O–H groups in total. The predicted molar refractivity (Wildman–Crippen MR) is 73.0 cm³/mol. The lowest BCUT2D eigenvalue weighted by atomic mass is 10.2. The Morgan fingerprint density at radius 2 is 1.75 bits per heavy atom. The first kappa shape index (κ1) is 15.9. The Kier molecular flexibility index (Phi) is 9.99. The molecule has 1 rings (SSSR count). The summed E-state index contributed by atoms with van der Waals surface area (Å²) in [4.78, 5) is 2.47. The molecule has 1 heterocycles. The molecule has 3 heteroatoms. The van der Waals surface area contributed by atoms with E-state index in [9.17, 15) is 0 Å². The number of nitrogens with zero attached hydrogens (tertiary/aromatic N) is 1. The summed E-state index contributed by atoms with van der Waals surface area (Å²) < 4.78 is 5.24. The van der Waals surface area contributed by atoms with Crippen LogP contribution in [0.1, 0.15) is 36.0 Å². The average Bonchev–Trinajstić information content (AvgIpc) is 2.18. The van der Waals surface area contributed by atoms with Crippen molar-refractivity contribution < 1.29 is 6.16 Å². The van der Waals surface area contributed by atoms with Crippen molar-refractivity contribution in [1.29, 1.82) is 0 Å². The fourth-order valence-corrected chi connectivity index (χ4v) is 1.71. The van der Waals surface area contributed by atoms with Gasteiger partial charge in [-0.1, -0.05) is 34.6 Å². The van der Waals surface area contributed by atoms with E-state index in [1.807, 2.05) is 0 Å². The largest absolute Gasteiger partial charge is 0.379 e. The second-order valence-corrected chi connectivity index (χ2v) is 5.02. The molecule has 0 aromatic heterocycles. The van der Waals surface area contributed by atoms with Crippen molar-refractivity contribution in [3.63, 3.8) is 0 Å². The molecule has 16 heavy (non-hydrogen) atoms. The van der Waals surface area contributed by atoms with Crippen LogP contribution in [0.25, 0.3) is 0 Å². The first-order valence-corrected chi connectivity index (χ1v) is 6.59. The van der Waals surface area contributed by atoms with E-state index >= 15 is 0 Å². The highest BCUT2D eigenvalue weighted by atomic mass is 16.5. The van der Waals surface area contributed by atoms with E-state index in [0.717, 1.165) is 38.8 Å². The summed E-state index contributed by atoms with van der Waals surface area (Å²) >= 11 is 0. The zero-order chi connectivity index (χ0) is 12.4. The molecule has 0 unspecified atom stereocenters. The van der Waals surface area contributed by atoms with E-state index in [-0.39, 0.29) is 1.43 Å². The highest BCUT2D eigenvalue weighted by Gasteiger charge is 2.10. The Morgan fingerprint density at radius 1 is 1.19 bits per heavy atom. The summed E-state index contributed by atoms with van der Waals surface area (Å²) in [7, 11) is 0. The lowest BCUT2D eigenvalue weighted by molar-refractivity contribution is 0.0329. The maximum Gasteiger partial charge on any atom is 0.0594 e. The second-order valence-electron chi connectivity index (χ2n) is 5.02. The Bertz CT molecular complexity index is 148. The van der Waals surface area contributed by atoms with Crippen molar-refractivity contribution in [1.82, 2.24) is 10.2 Å². The zero-order valence-electron chi connectivity index (χ0n) is 11.8. The number of nitrogens with one attached hydrogen (secondary N) is 1. The minimum absolute atomic E-state index is 0. The van der Waals surface area contributed by atoms with Gasteiger partial charge in [-0.05, 0) is 12.5 Å². The van der Waals surface area contributed by atoms with Gasteiger partial charge in [0.1, 0.15) is 0 Å². The van der Waals surface area contributed by atoms with Crippen LogP contribution < -0.4 is 5.32 Å². The minimum atomic E-state index is 0. The maximum atomic E-state index is 5.24. The van der Waals surface area contributed by atoms with E-state index in [1.54, 1.807) is 0 Å². The molecule has 0 atom stereocenters. The molecule has 0 radical (unpaired) electrons. The molecule has 1 fully saturated rings. The van der Waals surface area contributed by atoms with Gasteiger partial charge in [0.2, 0.25) is 0 Å². The van der Waals surface area contributed by atoms with Crippen LogP contribution in [0.5, 0.6) is 0 Å². The van der Waals surface area contributed by atoms with Gasteiger partial charge in [-0.3, -0.25) is 4.90 Å². The van der Waals surface area contributed by atoms with Crippen molar-refractivity contribution in [2.24, 2.45) is 5.92 Å². The van der Waals surface area contributed by atoms with Crippen molar-refractivity contribution >= 4 is 0 Å². The van der Waals surface area contributed by atoms with Crippen molar-refractivity contribution in [3.05, 3.63) is 0 Å². The van der Waals surface area contributed by atoms with Gasteiger partial charge >= 0.3 is 0 Å². The molecule has 1 aliphatic heterocycles. The summed E-state index contributed by atoms with van der Waals surface area (Å²) in [6, 6.07) is 0.648. The third-order valence-corrected chi connectivity index (χ3v) is 2.34. The number of hydrogen-bond donors (Lipinski definition) is 1. The molecular weight excluding hydrogens is 200 g/mol. The number of rotatable bonds is 4. The van der Waals surface area contributed by atoms with Gasteiger partial charge in [-0.15, -0.1) is 0 Å². The highest BCUT2D eigenvalue weighted by molar-refractivity contribution is 4.62. The standard InChI is InChI=1S/C8H17NO.C5H13N.H2/c1-8(2)7-9-3-5-10-6-4-9;1-4-6-5(2)3;/h8H,3-7H2,1-2H3;5-6H,4H2,1-3H3;1H. The molecule has 1 aliphatic rings. The Balaban J connectivity index is 0. The zero-order valence-corrected chi connectivity index (χ0v) is 11.8. The molecular formula is C13H32N2O. The lowest BCUT2D eigenvalue weighted by Gasteiger charge is -2.27. The van der Waals surface area contributed by atoms with Crippen LogP contribution in [0.3, 0.4) is 0 Å². The molecule has 0 amide bonds. The fraction of sp³-hybridized carbons (Fsp3) is 1.00. The van der Waals surface area contributed by atoms with Gasteiger partial charge in [-0.2, -0.15) is 0 Å². The van der Waals surface area contributed by atoms with Gasteiger partial charge in [-0.25, -0.2) is 0 Å². The Hall–Kier alpha value is -0.120. The fourth-order valence-electron chi connectivity index (χ4n) is 1.71. The lowest BCUT2D eigenvalue weighted by Crippen LogP contribution is -2.38. The summed E-state index contributed by atoms with van der Waals surface area (Å²) in [6.45, 7) is 17.3. The highest BCUT2D eigenvalue weighted by Crippen LogP contribution is 2.01. The second kappa shape index (κ2) is 10.1. The number of hydrogen-bond acceptors (Lipinski definition) is 3. The predicted octanol–water partition coefficient (Wildman–Crippen LogP) is 2.22. The molecule has 100 valence electrons. The molecule has 3 nitrogen and oxygen atoms in total. The van der Waals surface area contributed by atoms with Gasteiger partial charge in [0, 0.05) is 27.1 Å². The van der Waals surface area contributed by atoms with E-state index in [0.29, 0.717) is 6.04 Å². The van der Waals surface area contributed by atoms with Crippen molar-refractivity contribution in [3.8, 4) is 0 Å². The first-order valence-electron chi connectivity index (χ1n) is 6.59. The first-order chi connectivity index (χ1) is 7.56. The van der Waals surface area contributed by atoms with Gasteiger partial charge < -0.3 is 10.1 Å². The van der Waals surface area contributed by atoms with Crippen LogP contribution in [0.4, 0.5) is 0 Å². The van der Waals surface area contributed by atoms with E-state index in [1.165, 1.54) is 6.54 Å². The van der Waals surface area contributed by atoms with Gasteiger partial charge in [0.25, 0.3) is 0 Å². The van der Waals surface area contributed by atoms with Crippen LogP contribution in [-0.4, -0.2) is 50.3 Å². The number of morpholine rings is 1. The topological polar surface area (TPSA) is 24.5 Å². The summed E-state index contributed by atoms with van der Waals surface area (Å²) in [5.41, 5.74) is 0. The smallest absolute Gasteiger partial charge is 0.0594 e. The van der Waals surface area contributed by atoms with Crippen LogP contribution in [0.15, 0.2) is 0 Å². The molecule has 0 aromatic rings. The van der Waals surface area contributed by atoms with Crippen LogP contribution in [0.2, 0.25) is 0 Å². The summed E-state index contributed by atoms with van der Waals surface area (Å²) in [5, 5.41) is 3.21. The van der Waals surface area contributed by atoms with Gasteiger partial charge in [0.05, 0.1) is 13.2 Å². The molecule has 0 aromatic carbocycles. The molecule has 0 aliphatic carbocycles. The van der Waals surface area contributed by atoms with E-state index in [4.69, 9.17) is 4.74 Å². The van der Waals surface area contributed by atoms with Crippen LogP contribution in [-0.2, 0) is 4.74 Å². The average molecular weight is 232 g/mol. The monoisotopic (exact) mass is 232 g/mol. The third kappa shape index (κ3) is 10.4. The Morgan fingerprint density at radius 3 is 2.06 bits per heavy atom. The minimum Gasteiger partial charge on any atom is -0.379 e. The van der Waals surface area contributed by atoms with Crippen LogP contribution in [0, 0.1) is 5.92 Å². The third-order valence-electron chi connectivity index (χ3n) is 2.34. The number of ether oxygens (including phenoxy) is 1. The normalized spacial score (nSPS) is 17.4. The van der Waals surface area contributed by atoms with Crippen molar-refractivity contribution in [2.45, 2.75) is 40.7 Å². The van der Waals surface area contributed by atoms with Gasteiger partial charge in [0.15, 0.2) is 0 Å². The quantitative estimate of drug-likeness (QED) is 0.804. The molecule has 1 saturated heterocycles.